The molecular weight excluding hydrogens is 235 g/mol. The number of carbonyl (C=O) groups is 1. The Morgan fingerprint density at radius 3 is 2.83 bits per heavy atom. The molecular formula is C13H19FN2O2. The molecule has 100 valence electrons. The first kappa shape index (κ1) is 14.4. The molecule has 18 heavy (non-hydrogen) atoms. The first-order chi connectivity index (χ1) is 8.62. The minimum atomic E-state index is -0.361. The molecule has 5 heteroatoms. The second kappa shape index (κ2) is 6.96. The molecule has 0 radical (unpaired) electrons. The van der Waals surface area contributed by atoms with Crippen molar-refractivity contribution in [2.45, 2.75) is 19.3 Å². The molecule has 0 aliphatic rings. The number of methoxy groups -OCH3 is 1. The number of amides is 1. The van der Waals surface area contributed by atoms with Crippen molar-refractivity contribution >= 4 is 5.91 Å². The molecule has 0 saturated carbocycles. The van der Waals surface area contributed by atoms with E-state index in [1.165, 1.54) is 19.2 Å². The number of benzene rings is 1. The number of carbonyl (C=O) groups excluding carboxylic acids is 1. The van der Waals surface area contributed by atoms with Gasteiger partial charge >= 0.3 is 0 Å². The van der Waals surface area contributed by atoms with Crippen LogP contribution in [0.4, 0.5) is 4.39 Å². The van der Waals surface area contributed by atoms with Crippen molar-refractivity contribution in [3.8, 4) is 5.75 Å². The molecule has 3 N–H and O–H groups in total. The van der Waals surface area contributed by atoms with Gasteiger partial charge in [0.15, 0.2) is 0 Å². The normalized spacial score (nSPS) is 12.0. The zero-order valence-corrected chi connectivity index (χ0v) is 10.7. The van der Waals surface area contributed by atoms with E-state index in [9.17, 15) is 9.18 Å². The van der Waals surface area contributed by atoms with Gasteiger partial charge in [-0.1, -0.05) is 0 Å². The summed E-state index contributed by atoms with van der Waals surface area (Å²) >= 11 is 0. The van der Waals surface area contributed by atoms with Crippen LogP contribution in [0.1, 0.15) is 24.8 Å². The van der Waals surface area contributed by atoms with E-state index < -0.39 is 0 Å². The monoisotopic (exact) mass is 254 g/mol. The van der Waals surface area contributed by atoms with Crippen LogP contribution in [0.5, 0.6) is 5.75 Å². The first-order valence-electron chi connectivity index (χ1n) is 5.92. The van der Waals surface area contributed by atoms with E-state index in [0.717, 1.165) is 0 Å². The summed E-state index contributed by atoms with van der Waals surface area (Å²) in [6.45, 7) is 2.67. The Morgan fingerprint density at radius 1 is 1.56 bits per heavy atom. The summed E-state index contributed by atoms with van der Waals surface area (Å²) in [5.74, 6) is -0.155. The van der Waals surface area contributed by atoms with Crippen molar-refractivity contribution in [3.05, 3.63) is 29.6 Å². The summed E-state index contributed by atoms with van der Waals surface area (Å²) in [4.78, 5) is 11.6. The third-order valence-electron chi connectivity index (χ3n) is 2.72. The molecule has 4 nitrogen and oxygen atoms in total. The fourth-order valence-corrected chi connectivity index (χ4v) is 1.84. The lowest BCUT2D eigenvalue weighted by Crippen LogP contribution is -2.27. The van der Waals surface area contributed by atoms with Crippen LogP contribution in [0.2, 0.25) is 0 Å². The van der Waals surface area contributed by atoms with Gasteiger partial charge in [0.25, 0.3) is 0 Å². The van der Waals surface area contributed by atoms with Gasteiger partial charge in [-0.2, -0.15) is 0 Å². The van der Waals surface area contributed by atoms with E-state index in [1.807, 2.05) is 6.92 Å². The molecule has 0 saturated heterocycles. The van der Waals surface area contributed by atoms with Gasteiger partial charge in [0, 0.05) is 24.4 Å². The molecule has 0 aliphatic carbocycles. The van der Waals surface area contributed by atoms with Crippen LogP contribution in [-0.4, -0.2) is 26.1 Å². The van der Waals surface area contributed by atoms with Gasteiger partial charge in [0.2, 0.25) is 5.91 Å². The van der Waals surface area contributed by atoms with E-state index in [2.05, 4.69) is 5.32 Å². The van der Waals surface area contributed by atoms with Crippen LogP contribution < -0.4 is 15.8 Å². The average Bonchev–Trinajstić information content (AvgIpc) is 2.36. The van der Waals surface area contributed by atoms with Crippen molar-refractivity contribution < 1.29 is 13.9 Å². The minimum absolute atomic E-state index is 0.0979. The highest BCUT2D eigenvalue weighted by atomic mass is 19.1. The number of rotatable bonds is 6. The number of hydrogen-bond acceptors (Lipinski definition) is 3. The number of ether oxygens (including phenoxy) is 1. The number of halogens is 1. The maximum absolute atomic E-state index is 13.3. The SMILES string of the molecule is CCNC(=O)CC(CN)c1cc(F)ccc1OC. The third kappa shape index (κ3) is 3.70. The minimum Gasteiger partial charge on any atom is -0.496 e. The van der Waals surface area contributed by atoms with E-state index in [-0.39, 0.29) is 30.6 Å². The molecule has 1 aromatic rings. The van der Waals surface area contributed by atoms with E-state index in [4.69, 9.17) is 10.5 Å². The van der Waals surface area contributed by atoms with Gasteiger partial charge in [0.1, 0.15) is 11.6 Å². The van der Waals surface area contributed by atoms with Crippen LogP contribution in [0, 0.1) is 5.82 Å². The molecule has 0 fully saturated rings. The fourth-order valence-electron chi connectivity index (χ4n) is 1.84. The van der Waals surface area contributed by atoms with Crippen LogP contribution >= 0.6 is 0 Å². The lowest BCUT2D eigenvalue weighted by Gasteiger charge is -2.17. The van der Waals surface area contributed by atoms with Crippen molar-refractivity contribution in [1.82, 2.24) is 5.32 Å². The van der Waals surface area contributed by atoms with Crippen molar-refractivity contribution in [2.75, 3.05) is 20.2 Å². The first-order valence-corrected chi connectivity index (χ1v) is 5.92. The van der Waals surface area contributed by atoms with Gasteiger partial charge in [-0.15, -0.1) is 0 Å². The molecule has 0 heterocycles. The Kier molecular flexibility index (Phi) is 5.58. The lowest BCUT2D eigenvalue weighted by atomic mass is 9.94. The van der Waals surface area contributed by atoms with E-state index in [0.29, 0.717) is 17.9 Å². The smallest absolute Gasteiger partial charge is 0.220 e. The fraction of sp³-hybridized carbons (Fsp3) is 0.462. The van der Waals surface area contributed by atoms with Crippen LogP contribution in [0.3, 0.4) is 0 Å². The quantitative estimate of drug-likeness (QED) is 0.806. The number of hydrogen-bond donors (Lipinski definition) is 2. The molecule has 1 aromatic carbocycles. The molecule has 1 atom stereocenters. The van der Waals surface area contributed by atoms with Gasteiger partial charge in [0.05, 0.1) is 7.11 Å². The van der Waals surface area contributed by atoms with Crippen molar-refractivity contribution in [1.29, 1.82) is 0 Å². The average molecular weight is 254 g/mol. The maximum Gasteiger partial charge on any atom is 0.220 e. The van der Waals surface area contributed by atoms with Crippen LogP contribution in [0.25, 0.3) is 0 Å². The molecule has 0 bridgehead atoms. The molecule has 0 spiro atoms. The predicted octanol–water partition coefficient (Wildman–Crippen LogP) is 1.40. The summed E-state index contributed by atoms with van der Waals surface area (Å²) in [5.41, 5.74) is 6.30. The summed E-state index contributed by atoms with van der Waals surface area (Å²) in [6, 6.07) is 4.24. The van der Waals surface area contributed by atoms with Gasteiger partial charge in [-0.3, -0.25) is 4.79 Å². The predicted molar refractivity (Wildman–Crippen MR) is 68.0 cm³/mol. The Labute approximate surface area is 106 Å². The van der Waals surface area contributed by atoms with Crippen molar-refractivity contribution in [3.63, 3.8) is 0 Å². The summed E-state index contributed by atoms with van der Waals surface area (Å²) in [7, 11) is 1.51. The zero-order chi connectivity index (χ0) is 13.5. The van der Waals surface area contributed by atoms with E-state index in [1.54, 1.807) is 6.07 Å². The highest BCUT2D eigenvalue weighted by Crippen LogP contribution is 2.29. The van der Waals surface area contributed by atoms with Gasteiger partial charge in [-0.05, 0) is 31.7 Å². The Hall–Kier alpha value is -1.62. The summed E-state index contributed by atoms with van der Waals surface area (Å²) < 4.78 is 18.4. The summed E-state index contributed by atoms with van der Waals surface area (Å²) in [5, 5.41) is 2.70. The maximum atomic E-state index is 13.3. The Balaban J connectivity index is 2.93. The highest BCUT2D eigenvalue weighted by Gasteiger charge is 2.18. The Bertz CT molecular complexity index is 410. The molecule has 0 aliphatic heterocycles. The molecule has 1 amide bonds. The molecule has 1 rings (SSSR count). The lowest BCUT2D eigenvalue weighted by molar-refractivity contribution is -0.121. The number of nitrogens with one attached hydrogen (secondary N) is 1. The largest absolute Gasteiger partial charge is 0.496 e. The second-order valence-electron chi connectivity index (χ2n) is 3.98. The summed E-state index contributed by atoms with van der Waals surface area (Å²) in [6.07, 6.45) is 0.226. The highest BCUT2D eigenvalue weighted by molar-refractivity contribution is 5.77. The number of nitrogens with two attached hydrogens (primary N) is 1. The standard InChI is InChI=1S/C13H19FN2O2/c1-3-16-13(17)6-9(8-15)11-7-10(14)4-5-12(11)18-2/h4-5,7,9H,3,6,8,15H2,1-2H3,(H,16,17). The van der Waals surface area contributed by atoms with Gasteiger partial charge < -0.3 is 15.8 Å². The third-order valence-corrected chi connectivity index (χ3v) is 2.72. The molecule has 1 unspecified atom stereocenters. The topological polar surface area (TPSA) is 64.4 Å². The second-order valence-corrected chi connectivity index (χ2v) is 3.98. The van der Waals surface area contributed by atoms with Crippen LogP contribution in [-0.2, 0) is 4.79 Å². The Morgan fingerprint density at radius 2 is 2.28 bits per heavy atom. The van der Waals surface area contributed by atoms with Crippen LogP contribution in [0.15, 0.2) is 18.2 Å². The molecule has 0 aromatic heterocycles. The van der Waals surface area contributed by atoms with Crippen molar-refractivity contribution in [2.24, 2.45) is 5.73 Å². The van der Waals surface area contributed by atoms with E-state index >= 15 is 0 Å². The zero-order valence-electron chi connectivity index (χ0n) is 10.7. The van der Waals surface area contributed by atoms with Gasteiger partial charge in [-0.25, -0.2) is 4.39 Å².